The lowest BCUT2D eigenvalue weighted by Gasteiger charge is -2.03. The van der Waals surface area contributed by atoms with E-state index in [0.717, 1.165) is 28.0 Å². The van der Waals surface area contributed by atoms with E-state index in [4.69, 9.17) is 16.7 Å². The molecule has 0 aliphatic heterocycles. The average Bonchev–Trinajstić information content (AvgIpc) is 2.75. The SMILES string of the molecule is Cn1c(-c2cccc(Cl)c2)nc2cc(CC(=O)O)ccc21. The van der Waals surface area contributed by atoms with Crippen molar-refractivity contribution in [2.75, 3.05) is 0 Å². The molecule has 0 saturated heterocycles. The van der Waals surface area contributed by atoms with E-state index >= 15 is 0 Å². The number of carboxylic acids is 1. The number of fused-ring (bicyclic) bond motifs is 1. The van der Waals surface area contributed by atoms with Gasteiger partial charge in [0.15, 0.2) is 0 Å². The lowest BCUT2D eigenvalue weighted by atomic mass is 10.1. The molecule has 0 radical (unpaired) electrons. The topological polar surface area (TPSA) is 55.1 Å². The van der Waals surface area contributed by atoms with Crippen LogP contribution in [0.2, 0.25) is 5.02 Å². The summed E-state index contributed by atoms with van der Waals surface area (Å²) < 4.78 is 1.98. The van der Waals surface area contributed by atoms with E-state index in [0.29, 0.717) is 5.02 Å². The fraction of sp³-hybridized carbons (Fsp3) is 0.125. The van der Waals surface area contributed by atoms with Gasteiger partial charge in [-0.05, 0) is 29.8 Å². The summed E-state index contributed by atoms with van der Waals surface area (Å²) in [7, 11) is 1.93. The molecule has 4 nitrogen and oxygen atoms in total. The van der Waals surface area contributed by atoms with Crippen molar-refractivity contribution in [1.82, 2.24) is 9.55 Å². The average molecular weight is 301 g/mol. The number of carbonyl (C=O) groups is 1. The van der Waals surface area contributed by atoms with Gasteiger partial charge in [0, 0.05) is 17.6 Å². The molecule has 3 rings (SSSR count). The summed E-state index contributed by atoms with van der Waals surface area (Å²) in [5.74, 6) is -0.0414. The number of imidazole rings is 1. The largest absolute Gasteiger partial charge is 0.481 e. The molecule has 3 aromatic rings. The number of rotatable bonds is 3. The quantitative estimate of drug-likeness (QED) is 0.805. The fourth-order valence-electron chi connectivity index (χ4n) is 2.42. The molecule has 0 aliphatic carbocycles. The maximum atomic E-state index is 10.8. The molecule has 0 bridgehead atoms. The normalized spacial score (nSPS) is 11.0. The Kier molecular flexibility index (Phi) is 3.39. The van der Waals surface area contributed by atoms with Crippen molar-refractivity contribution in [3.05, 3.63) is 53.1 Å². The lowest BCUT2D eigenvalue weighted by molar-refractivity contribution is -0.136. The number of halogens is 1. The van der Waals surface area contributed by atoms with Crippen molar-refractivity contribution in [3.63, 3.8) is 0 Å². The Morgan fingerprint density at radius 1 is 1.29 bits per heavy atom. The summed E-state index contributed by atoms with van der Waals surface area (Å²) in [6.45, 7) is 0. The molecular formula is C16H13ClN2O2. The minimum absolute atomic E-state index is 0.000979. The second kappa shape index (κ2) is 5.22. The Balaban J connectivity index is 2.13. The maximum absolute atomic E-state index is 10.8. The Morgan fingerprint density at radius 2 is 2.10 bits per heavy atom. The third-order valence-electron chi connectivity index (χ3n) is 3.38. The van der Waals surface area contributed by atoms with Gasteiger partial charge in [-0.1, -0.05) is 29.8 Å². The molecule has 0 amide bonds. The third-order valence-corrected chi connectivity index (χ3v) is 3.62. The molecule has 5 heteroatoms. The van der Waals surface area contributed by atoms with Crippen LogP contribution in [0.5, 0.6) is 0 Å². The molecule has 106 valence electrons. The van der Waals surface area contributed by atoms with Gasteiger partial charge in [-0.3, -0.25) is 4.79 Å². The molecule has 0 saturated carbocycles. The fourth-order valence-corrected chi connectivity index (χ4v) is 2.61. The number of nitrogens with zero attached hydrogens (tertiary/aromatic N) is 2. The first-order chi connectivity index (χ1) is 10.0. The van der Waals surface area contributed by atoms with Gasteiger partial charge in [-0.15, -0.1) is 0 Å². The summed E-state index contributed by atoms with van der Waals surface area (Å²) in [6.07, 6.45) is -0.000979. The van der Waals surface area contributed by atoms with Crippen molar-refractivity contribution in [3.8, 4) is 11.4 Å². The van der Waals surface area contributed by atoms with Gasteiger partial charge in [-0.25, -0.2) is 4.98 Å². The number of aromatic nitrogens is 2. The molecule has 0 aliphatic rings. The van der Waals surface area contributed by atoms with Crippen molar-refractivity contribution in [2.24, 2.45) is 7.05 Å². The zero-order valence-electron chi connectivity index (χ0n) is 11.4. The van der Waals surface area contributed by atoms with Gasteiger partial charge < -0.3 is 9.67 Å². The van der Waals surface area contributed by atoms with Gasteiger partial charge >= 0.3 is 5.97 Å². The zero-order chi connectivity index (χ0) is 15.0. The van der Waals surface area contributed by atoms with Gasteiger partial charge in [0.1, 0.15) is 5.82 Å². The van der Waals surface area contributed by atoms with Crippen LogP contribution in [0, 0.1) is 0 Å². The number of hydrogen-bond acceptors (Lipinski definition) is 2. The molecule has 1 aromatic heterocycles. The van der Waals surface area contributed by atoms with Gasteiger partial charge in [-0.2, -0.15) is 0 Å². The summed E-state index contributed by atoms with van der Waals surface area (Å²) in [5.41, 5.74) is 3.41. The highest BCUT2D eigenvalue weighted by Gasteiger charge is 2.11. The van der Waals surface area contributed by atoms with E-state index < -0.39 is 5.97 Å². The van der Waals surface area contributed by atoms with Crippen LogP contribution in [0.25, 0.3) is 22.4 Å². The maximum Gasteiger partial charge on any atom is 0.307 e. The van der Waals surface area contributed by atoms with Gasteiger partial charge in [0.25, 0.3) is 0 Å². The first kappa shape index (κ1) is 13.6. The van der Waals surface area contributed by atoms with Crippen molar-refractivity contribution in [2.45, 2.75) is 6.42 Å². The summed E-state index contributed by atoms with van der Waals surface area (Å²) in [4.78, 5) is 15.4. The van der Waals surface area contributed by atoms with E-state index in [1.54, 1.807) is 0 Å². The highest BCUT2D eigenvalue weighted by Crippen LogP contribution is 2.26. The second-order valence-corrected chi connectivity index (χ2v) is 5.33. The van der Waals surface area contributed by atoms with Crippen LogP contribution in [0.15, 0.2) is 42.5 Å². The third kappa shape index (κ3) is 2.62. The predicted molar refractivity (Wildman–Crippen MR) is 82.5 cm³/mol. The predicted octanol–water partition coefficient (Wildman–Crippen LogP) is 3.52. The van der Waals surface area contributed by atoms with Crippen LogP contribution in [-0.4, -0.2) is 20.6 Å². The first-order valence-corrected chi connectivity index (χ1v) is 6.85. The second-order valence-electron chi connectivity index (χ2n) is 4.90. The minimum atomic E-state index is -0.847. The van der Waals surface area contributed by atoms with E-state index in [9.17, 15) is 4.79 Å². The molecule has 1 heterocycles. The molecule has 0 unspecified atom stereocenters. The van der Waals surface area contributed by atoms with Gasteiger partial charge in [0.05, 0.1) is 17.5 Å². The van der Waals surface area contributed by atoms with Crippen molar-refractivity contribution < 1.29 is 9.90 Å². The van der Waals surface area contributed by atoms with Crippen molar-refractivity contribution in [1.29, 1.82) is 0 Å². The molecule has 1 N–H and O–H groups in total. The Morgan fingerprint density at radius 3 is 2.81 bits per heavy atom. The Hall–Kier alpha value is -2.33. The monoisotopic (exact) mass is 300 g/mol. The summed E-state index contributed by atoms with van der Waals surface area (Å²) in [6, 6.07) is 13.0. The van der Waals surface area contributed by atoms with E-state index in [-0.39, 0.29) is 6.42 Å². The van der Waals surface area contributed by atoms with Crippen LogP contribution < -0.4 is 0 Å². The smallest absolute Gasteiger partial charge is 0.307 e. The number of hydrogen-bond donors (Lipinski definition) is 1. The molecule has 0 spiro atoms. The number of aliphatic carboxylic acids is 1. The highest BCUT2D eigenvalue weighted by atomic mass is 35.5. The standard InChI is InChI=1S/C16H13ClN2O2/c1-19-14-6-5-10(8-15(20)21)7-13(14)18-16(19)11-3-2-4-12(17)9-11/h2-7,9H,8H2,1H3,(H,20,21). The van der Waals surface area contributed by atoms with Crippen LogP contribution >= 0.6 is 11.6 Å². The minimum Gasteiger partial charge on any atom is -0.481 e. The number of aryl methyl sites for hydroxylation is 1. The van der Waals surface area contributed by atoms with E-state index in [1.807, 2.05) is 54.1 Å². The number of carboxylic acid groups (broad SMARTS) is 1. The molecule has 21 heavy (non-hydrogen) atoms. The van der Waals surface area contributed by atoms with Crippen LogP contribution in [0.3, 0.4) is 0 Å². The van der Waals surface area contributed by atoms with E-state index in [1.165, 1.54) is 0 Å². The highest BCUT2D eigenvalue weighted by molar-refractivity contribution is 6.30. The molecule has 0 atom stereocenters. The molecular weight excluding hydrogens is 288 g/mol. The van der Waals surface area contributed by atoms with Crippen molar-refractivity contribution >= 4 is 28.6 Å². The summed E-state index contributed by atoms with van der Waals surface area (Å²) in [5, 5.41) is 9.53. The molecule has 0 fully saturated rings. The lowest BCUT2D eigenvalue weighted by Crippen LogP contribution is -1.99. The van der Waals surface area contributed by atoms with Gasteiger partial charge in [0.2, 0.25) is 0 Å². The molecule has 2 aromatic carbocycles. The Bertz CT molecular complexity index is 839. The Labute approximate surface area is 126 Å². The summed E-state index contributed by atoms with van der Waals surface area (Å²) >= 11 is 6.03. The van der Waals surface area contributed by atoms with Crippen LogP contribution in [0.1, 0.15) is 5.56 Å². The van der Waals surface area contributed by atoms with E-state index in [2.05, 4.69) is 4.98 Å². The zero-order valence-corrected chi connectivity index (χ0v) is 12.1. The number of benzene rings is 2. The first-order valence-electron chi connectivity index (χ1n) is 6.47. The van der Waals surface area contributed by atoms with Crippen LogP contribution in [0.4, 0.5) is 0 Å². The van der Waals surface area contributed by atoms with Crippen LogP contribution in [-0.2, 0) is 18.3 Å².